The monoisotopic (exact) mass is 181 g/mol. The largest absolute Gasteiger partial charge is 0.337 e. The van der Waals surface area contributed by atoms with E-state index in [1.54, 1.807) is 6.92 Å². The van der Waals surface area contributed by atoms with Crippen LogP contribution in [0.5, 0.6) is 0 Å². The Hall–Kier alpha value is -1.08. The number of piperidine rings is 1. The summed E-state index contributed by atoms with van der Waals surface area (Å²) in [6, 6.07) is 2.19. The summed E-state index contributed by atoms with van der Waals surface area (Å²) in [7, 11) is 0. The van der Waals surface area contributed by atoms with Crippen molar-refractivity contribution >= 4 is 5.91 Å². The molecule has 0 bridgehead atoms. The van der Waals surface area contributed by atoms with E-state index in [1.807, 2.05) is 0 Å². The molecule has 0 saturated carbocycles. The van der Waals surface area contributed by atoms with Crippen LogP contribution in [0.25, 0.3) is 0 Å². The first-order chi connectivity index (χ1) is 6.22. The van der Waals surface area contributed by atoms with Gasteiger partial charge in [0.2, 0.25) is 5.91 Å². The average Bonchev–Trinajstić information content (AvgIpc) is 2.19. The molecule has 0 aromatic heterocycles. The van der Waals surface area contributed by atoms with Crippen LogP contribution >= 0.6 is 0 Å². The number of nitriles is 1. The minimum absolute atomic E-state index is 0.0507. The fourth-order valence-corrected chi connectivity index (χ4v) is 1.49. The third kappa shape index (κ3) is 2.43. The molecule has 13 heavy (non-hydrogen) atoms. The van der Waals surface area contributed by atoms with Crippen LogP contribution in [-0.2, 0) is 4.79 Å². The lowest BCUT2D eigenvalue weighted by Crippen LogP contribution is -2.56. The number of carbonyl (C=O) groups excluding carboxylic acids is 1. The van der Waals surface area contributed by atoms with Gasteiger partial charge >= 0.3 is 0 Å². The zero-order valence-corrected chi connectivity index (χ0v) is 7.89. The second-order valence-electron chi connectivity index (χ2n) is 3.38. The summed E-state index contributed by atoms with van der Waals surface area (Å²) in [6.07, 6.45) is 2.13. The van der Waals surface area contributed by atoms with E-state index < -0.39 is 5.54 Å². The molecule has 1 unspecified atom stereocenters. The van der Waals surface area contributed by atoms with Gasteiger partial charge < -0.3 is 10.6 Å². The predicted molar refractivity (Wildman–Crippen MR) is 48.9 cm³/mol. The summed E-state index contributed by atoms with van der Waals surface area (Å²) in [5.74, 6) is -0.0507. The molecule has 1 aliphatic rings. The molecule has 1 saturated heterocycles. The van der Waals surface area contributed by atoms with Crippen molar-refractivity contribution in [1.29, 1.82) is 5.26 Å². The molecule has 0 aromatic carbocycles. The number of rotatable bonds is 2. The molecule has 4 heteroatoms. The Balaban J connectivity index is 2.59. The van der Waals surface area contributed by atoms with Crippen LogP contribution in [0, 0.1) is 11.3 Å². The van der Waals surface area contributed by atoms with Gasteiger partial charge in [-0.05, 0) is 19.4 Å². The van der Waals surface area contributed by atoms with E-state index in [0.29, 0.717) is 13.0 Å². The lowest BCUT2D eigenvalue weighted by molar-refractivity contribution is -0.122. The van der Waals surface area contributed by atoms with Crippen molar-refractivity contribution in [2.24, 2.45) is 0 Å². The van der Waals surface area contributed by atoms with Crippen LogP contribution in [0.4, 0.5) is 0 Å². The van der Waals surface area contributed by atoms with Crippen LogP contribution in [0.1, 0.15) is 26.2 Å². The van der Waals surface area contributed by atoms with Crippen LogP contribution in [0.2, 0.25) is 0 Å². The second kappa shape index (κ2) is 4.24. The zero-order chi connectivity index (χ0) is 9.73. The SMILES string of the molecule is CCC(=O)NC1(C#N)CCCNC1. The van der Waals surface area contributed by atoms with Crippen molar-refractivity contribution in [3.8, 4) is 6.07 Å². The van der Waals surface area contributed by atoms with Crippen molar-refractivity contribution in [3.63, 3.8) is 0 Å². The highest BCUT2D eigenvalue weighted by molar-refractivity contribution is 5.77. The fourth-order valence-electron chi connectivity index (χ4n) is 1.49. The highest BCUT2D eigenvalue weighted by atomic mass is 16.1. The Labute approximate surface area is 78.3 Å². The van der Waals surface area contributed by atoms with Gasteiger partial charge in [-0.1, -0.05) is 6.92 Å². The van der Waals surface area contributed by atoms with Gasteiger partial charge in [0.25, 0.3) is 0 Å². The van der Waals surface area contributed by atoms with Gasteiger partial charge in [0.1, 0.15) is 5.54 Å². The highest BCUT2D eigenvalue weighted by Crippen LogP contribution is 2.14. The Morgan fingerprint density at radius 1 is 1.77 bits per heavy atom. The van der Waals surface area contributed by atoms with Crippen LogP contribution in [0.3, 0.4) is 0 Å². The number of nitrogens with zero attached hydrogens (tertiary/aromatic N) is 1. The minimum atomic E-state index is -0.661. The number of hydrogen-bond acceptors (Lipinski definition) is 3. The van der Waals surface area contributed by atoms with Gasteiger partial charge in [0, 0.05) is 13.0 Å². The molecule has 1 heterocycles. The van der Waals surface area contributed by atoms with Gasteiger partial charge in [0.15, 0.2) is 0 Å². The predicted octanol–water partition coefficient (Wildman–Crippen LogP) is 0.158. The maximum Gasteiger partial charge on any atom is 0.220 e. The van der Waals surface area contributed by atoms with E-state index in [9.17, 15) is 4.79 Å². The fraction of sp³-hybridized carbons (Fsp3) is 0.778. The van der Waals surface area contributed by atoms with Crippen molar-refractivity contribution in [1.82, 2.24) is 10.6 Å². The molecule has 1 atom stereocenters. The van der Waals surface area contributed by atoms with E-state index in [1.165, 1.54) is 0 Å². The number of nitrogens with one attached hydrogen (secondary N) is 2. The zero-order valence-electron chi connectivity index (χ0n) is 7.89. The summed E-state index contributed by atoms with van der Waals surface area (Å²) in [6.45, 7) is 3.29. The maximum atomic E-state index is 11.2. The molecule has 0 aromatic rings. The van der Waals surface area contributed by atoms with Crippen molar-refractivity contribution in [2.75, 3.05) is 13.1 Å². The Bertz CT molecular complexity index is 226. The van der Waals surface area contributed by atoms with E-state index in [0.717, 1.165) is 19.4 Å². The summed E-state index contributed by atoms with van der Waals surface area (Å²) in [5, 5.41) is 14.9. The summed E-state index contributed by atoms with van der Waals surface area (Å²) < 4.78 is 0. The third-order valence-electron chi connectivity index (χ3n) is 2.30. The topological polar surface area (TPSA) is 64.9 Å². The average molecular weight is 181 g/mol. The summed E-state index contributed by atoms with van der Waals surface area (Å²) in [4.78, 5) is 11.2. The second-order valence-corrected chi connectivity index (χ2v) is 3.38. The van der Waals surface area contributed by atoms with Crippen molar-refractivity contribution in [2.45, 2.75) is 31.7 Å². The van der Waals surface area contributed by atoms with Gasteiger partial charge in [0.05, 0.1) is 6.07 Å². The molecule has 0 aliphatic carbocycles. The van der Waals surface area contributed by atoms with Crippen LogP contribution in [-0.4, -0.2) is 24.5 Å². The Morgan fingerprint density at radius 3 is 3.00 bits per heavy atom. The standard InChI is InChI=1S/C9H15N3O/c1-2-8(13)12-9(6-10)4-3-5-11-7-9/h11H,2-5,7H2,1H3,(H,12,13). The van der Waals surface area contributed by atoms with Gasteiger partial charge in [-0.2, -0.15) is 5.26 Å². The van der Waals surface area contributed by atoms with Crippen molar-refractivity contribution < 1.29 is 4.79 Å². The summed E-state index contributed by atoms with van der Waals surface area (Å²) >= 11 is 0. The quantitative estimate of drug-likeness (QED) is 0.637. The Morgan fingerprint density at radius 2 is 2.54 bits per heavy atom. The van der Waals surface area contributed by atoms with Crippen molar-refractivity contribution in [3.05, 3.63) is 0 Å². The molecule has 0 radical (unpaired) electrons. The highest BCUT2D eigenvalue weighted by Gasteiger charge is 2.32. The van der Waals surface area contributed by atoms with Gasteiger partial charge in [-0.15, -0.1) is 0 Å². The molecule has 2 N–H and O–H groups in total. The Kier molecular flexibility index (Phi) is 3.26. The first-order valence-corrected chi connectivity index (χ1v) is 4.65. The van der Waals surface area contributed by atoms with E-state index in [2.05, 4.69) is 16.7 Å². The molecule has 4 nitrogen and oxygen atoms in total. The lowest BCUT2D eigenvalue weighted by Gasteiger charge is -2.31. The minimum Gasteiger partial charge on any atom is -0.337 e. The smallest absolute Gasteiger partial charge is 0.220 e. The van der Waals surface area contributed by atoms with Crippen LogP contribution in [0.15, 0.2) is 0 Å². The third-order valence-corrected chi connectivity index (χ3v) is 2.30. The van der Waals surface area contributed by atoms with E-state index in [-0.39, 0.29) is 5.91 Å². The molecule has 1 fully saturated rings. The van der Waals surface area contributed by atoms with Crippen LogP contribution < -0.4 is 10.6 Å². The molecule has 1 amide bonds. The van der Waals surface area contributed by atoms with Gasteiger partial charge in [-0.25, -0.2) is 0 Å². The molecule has 1 rings (SSSR count). The summed E-state index contributed by atoms with van der Waals surface area (Å²) in [5.41, 5.74) is -0.661. The van der Waals surface area contributed by atoms with E-state index >= 15 is 0 Å². The normalized spacial score (nSPS) is 27.7. The maximum absolute atomic E-state index is 11.2. The number of carbonyl (C=O) groups is 1. The number of amides is 1. The van der Waals surface area contributed by atoms with E-state index in [4.69, 9.17) is 5.26 Å². The molecular formula is C9H15N3O. The molecular weight excluding hydrogens is 166 g/mol. The number of hydrogen-bond donors (Lipinski definition) is 2. The molecule has 0 spiro atoms. The first kappa shape index (κ1) is 10.0. The lowest BCUT2D eigenvalue weighted by atomic mass is 9.91. The van der Waals surface area contributed by atoms with Gasteiger partial charge in [-0.3, -0.25) is 4.79 Å². The molecule has 72 valence electrons. The molecule has 1 aliphatic heterocycles. The first-order valence-electron chi connectivity index (χ1n) is 4.65.